The number of Topliss-reactive ketones (excluding diaryl/α,β-unsaturated/α-hetero) is 1. The standard InChI is InChI=1S/C9H13NO3/c1-13-8(12)10-5-4-9(6-10)3-2-7(9)11/h2-6H2,1H3. The fourth-order valence-electron chi connectivity index (χ4n) is 2.17. The van der Waals surface area contributed by atoms with Gasteiger partial charge >= 0.3 is 6.09 Å². The Labute approximate surface area is 76.8 Å². The lowest BCUT2D eigenvalue weighted by molar-refractivity contribution is -0.136. The molecule has 2 aliphatic rings. The van der Waals surface area contributed by atoms with Crippen LogP contribution in [-0.4, -0.2) is 37.0 Å². The van der Waals surface area contributed by atoms with Crippen LogP contribution in [0.1, 0.15) is 19.3 Å². The van der Waals surface area contributed by atoms with Crippen LogP contribution in [0.5, 0.6) is 0 Å². The maximum absolute atomic E-state index is 11.3. The summed E-state index contributed by atoms with van der Waals surface area (Å²) >= 11 is 0. The Balaban J connectivity index is 2.01. The van der Waals surface area contributed by atoms with Crippen LogP contribution in [0, 0.1) is 5.41 Å². The number of ketones is 1. The van der Waals surface area contributed by atoms with Gasteiger partial charge in [-0.2, -0.15) is 0 Å². The normalized spacial score (nSPS) is 32.1. The summed E-state index contributed by atoms with van der Waals surface area (Å²) in [4.78, 5) is 24.1. The van der Waals surface area contributed by atoms with Gasteiger partial charge in [0.25, 0.3) is 0 Å². The topological polar surface area (TPSA) is 46.6 Å². The molecule has 1 aliphatic heterocycles. The van der Waals surface area contributed by atoms with Crippen molar-refractivity contribution in [3.63, 3.8) is 0 Å². The summed E-state index contributed by atoms with van der Waals surface area (Å²) in [5, 5.41) is 0. The number of carbonyl (C=O) groups excluding carboxylic acids is 2. The smallest absolute Gasteiger partial charge is 0.409 e. The van der Waals surface area contributed by atoms with E-state index in [9.17, 15) is 9.59 Å². The number of carbonyl (C=O) groups is 2. The van der Waals surface area contributed by atoms with Gasteiger partial charge < -0.3 is 9.64 Å². The minimum atomic E-state index is -0.309. The molecule has 1 heterocycles. The van der Waals surface area contributed by atoms with Gasteiger partial charge in [-0.15, -0.1) is 0 Å². The van der Waals surface area contributed by atoms with E-state index in [1.807, 2.05) is 0 Å². The number of methoxy groups -OCH3 is 1. The minimum absolute atomic E-state index is 0.186. The summed E-state index contributed by atoms with van der Waals surface area (Å²) in [6.07, 6.45) is 2.14. The van der Waals surface area contributed by atoms with Crippen molar-refractivity contribution in [3.8, 4) is 0 Å². The fraction of sp³-hybridized carbons (Fsp3) is 0.778. The summed E-state index contributed by atoms with van der Waals surface area (Å²) in [6.45, 7) is 1.23. The molecule has 4 heteroatoms. The van der Waals surface area contributed by atoms with Crippen LogP contribution in [0.3, 0.4) is 0 Å². The molecule has 0 aromatic heterocycles. The Morgan fingerprint density at radius 3 is 2.69 bits per heavy atom. The number of hydrogen-bond acceptors (Lipinski definition) is 3. The number of rotatable bonds is 0. The first-order valence-electron chi connectivity index (χ1n) is 4.54. The fourth-order valence-corrected chi connectivity index (χ4v) is 2.17. The van der Waals surface area contributed by atoms with Gasteiger partial charge in [0.05, 0.1) is 7.11 Å². The van der Waals surface area contributed by atoms with Crippen molar-refractivity contribution in [1.29, 1.82) is 0 Å². The van der Waals surface area contributed by atoms with Crippen molar-refractivity contribution in [1.82, 2.24) is 4.90 Å². The molecule has 1 atom stereocenters. The molecule has 0 bridgehead atoms. The SMILES string of the molecule is COC(=O)N1CCC2(CCC2=O)C1. The average Bonchev–Trinajstić information content (AvgIpc) is 2.61. The molecule has 0 radical (unpaired) electrons. The molecule has 0 N–H and O–H groups in total. The van der Waals surface area contributed by atoms with E-state index in [2.05, 4.69) is 4.74 Å². The maximum Gasteiger partial charge on any atom is 0.409 e. The second-order valence-corrected chi connectivity index (χ2v) is 3.85. The van der Waals surface area contributed by atoms with Gasteiger partial charge in [-0.1, -0.05) is 0 Å². The summed E-state index contributed by atoms with van der Waals surface area (Å²) in [5.41, 5.74) is -0.186. The number of hydrogen-bond donors (Lipinski definition) is 0. The van der Waals surface area contributed by atoms with Crippen LogP contribution >= 0.6 is 0 Å². The molecule has 0 aromatic rings. The third-order valence-corrected chi connectivity index (χ3v) is 3.21. The molecule has 2 fully saturated rings. The second kappa shape index (κ2) is 2.72. The quantitative estimate of drug-likeness (QED) is 0.558. The Hall–Kier alpha value is -1.06. The number of ether oxygens (including phenoxy) is 1. The van der Waals surface area contributed by atoms with E-state index in [1.54, 1.807) is 4.90 Å². The average molecular weight is 183 g/mol. The molecular formula is C9H13NO3. The van der Waals surface area contributed by atoms with Crippen molar-refractivity contribution in [3.05, 3.63) is 0 Å². The highest BCUT2D eigenvalue weighted by molar-refractivity contribution is 5.91. The lowest BCUT2D eigenvalue weighted by Crippen LogP contribution is -2.43. The summed E-state index contributed by atoms with van der Waals surface area (Å²) in [6, 6.07) is 0. The minimum Gasteiger partial charge on any atom is -0.453 e. The van der Waals surface area contributed by atoms with Crippen molar-refractivity contribution in [2.75, 3.05) is 20.2 Å². The monoisotopic (exact) mass is 183 g/mol. The zero-order valence-electron chi connectivity index (χ0n) is 7.71. The first-order chi connectivity index (χ1) is 6.18. The van der Waals surface area contributed by atoms with Crippen LogP contribution in [0.4, 0.5) is 4.79 Å². The van der Waals surface area contributed by atoms with Crippen molar-refractivity contribution < 1.29 is 14.3 Å². The summed E-state index contributed by atoms with van der Waals surface area (Å²) < 4.78 is 4.61. The van der Waals surface area contributed by atoms with E-state index < -0.39 is 0 Å². The molecule has 72 valence electrons. The number of likely N-dealkylation sites (tertiary alicyclic amines) is 1. The van der Waals surface area contributed by atoms with Gasteiger partial charge in [-0.3, -0.25) is 4.79 Å². The van der Waals surface area contributed by atoms with Crippen molar-refractivity contribution in [2.24, 2.45) is 5.41 Å². The summed E-state index contributed by atoms with van der Waals surface area (Å²) in [7, 11) is 1.37. The van der Waals surface area contributed by atoms with E-state index in [0.29, 0.717) is 25.3 Å². The third kappa shape index (κ3) is 1.12. The summed E-state index contributed by atoms with van der Waals surface area (Å²) in [5.74, 6) is 0.318. The van der Waals surface area contributed by atoms with Crippen LogP contribution < -0.4 is 0 Å². The van der Waals surface area contributed by atoms with Crippen LogP contribution in [0.15, 0.2) is 0 Å². The molecule has 4 nitrogen and oxygen atoms in total. The van der Waals surface area contributed by atoms with Crippen LogP contribution in [0.2, 0.25) is 0 Å². The highest BCUT2D eigenvalue weighted by Crippen LogP contribution is 2.44. The predicted molar refractivity (Wildman–Crippen MR) is 45.3 cm³/mol. The second-order valence-electron chi connectivity index (χ2n) is 3.85. The Kier molecular flexibility index (Phi) is 1.78. The van der Waals surface area contributed by atoms with E-state index >= 15 is 0 Å². The van der Waals surface area contributed by atoms with Crippen LogP contribution in [0.25, 0.3) is 0 Å². The first-order valence-corrected chi connectivity index (χ1v) is 4.54. The maximum atomic E-state index is 11.3. The van der Waals surface area contributed by atoms with Gasteiger partial charge in [0.1, 0.15) is 5.78 Å². The molecule has 1 aliphatic carbocycles. The van der Waals surface area contributed by atoms with Crippen molar-refractivity contribution >= 4 is 11.9 Å². The van der Waals surface area contributed by atoms with E-state index in [-0.39, 0.29) is 11.5 Å². The van der Waals surface area contributed by atoms with E-state index in [0.717, 1.165) is 12.8 Å². The largest absolute Gasteiger partial charge is 0.453 e. The molecular weight excluding hydrogens is 170 g/mol. The van der Waals surface area contributed by atoms with Gasteiger partial charge in [0, 0.05) is 24.9 Å². The molecule has 0 aromatic carbocycles. The molecule has 1 unspecified atom stereocenters. The zero-order valence-corrected chi connectivity index (χ0v) is 7.71. The lowest BCUT2D eigenvalue weighted by atomic mass is 9.67. The highest BCUT2D eigenvalue weighted by atomic mass is 16.5. The lowest BCUT2D eigenvalue weighted by Gasteiger charge is -2.35. The Morgan fingerprint density at radius 2 is 2.31 bits per heavy atom. The molecule has 1 amide bonds. The van der Waals surface area contributed by atoms with Crippen LogP contribution in [-0.2, 0) is 9.53 Å². The molecule has 1 spiro atoms. The highest BCUT2D eigenvalue weighted by Gasteiger charge is 2.51. The zero-order chi connectivity index (χ0) is 9.47. The first kappa shape index (κ1) is 8.53. The third-order valence-electron chi connectivity index (χ3n) is 3.21. The van der Waals surface area contributed by atoms with E-state index in [4.69, 9.17) is 0 Å². The van der Waals surface area contributed by atoms with Gasteiger partial charge in [-0.25, -0.2) is 4.79 Å². The number of nitrogens with zero attached hydrogens (tertiary/aromatic N) is 1. The van der Waals surface area contributed by atoms with E-state index in [1.165, 1.54) is 7.11 Å². The molecule has 1 saturated heterocycles. The van der Waals surface area contributed by atoms with Gasteiger partial charge in [0.2, 0.25) is 0 Å². The Morgan fingerprint density at radius 1 is 1.54 bits per heavy atom. The van der Waals surface area contributed by atoms with Crippen molar-refractivity contribution in [2.45, 2.75) is 19.3 Å². The van der Waals surface area contributed by atoms with Gasteiger partial charge in [0.15, 0.2) is 0 Å². The van der Waals surface area contributed by atoms with Gasteiger partial charge in [-0.05, 0) is 12.8 Å². The molecule has 2 rings (SSSR count). The molecule has 13 heavy (non-hydrogen) atoms. The predicted octanol–water partition coefficient (Wildman–Crippen LogP) is 0.808. The molecule has 1 saturated carbocycles. The number of amides is 1. The Bertz CT molecular complexity index is 264.